The number of sulfonamides is 1. The molecule has 4 rings (SSSR count). The number of benzene rings is 2. The Morgan fingerprint density at radius 1 is 1.11 bits per heavy atom. The Hall–Kier alpha value is -3.60. The fourth-order valence-electron chi connectivity index (χ4n) is 4.72. The van der Waals surface area contributed by atoms with Gasteiger partial charge in [-0.15, -0.1) is 0 Å². The maximum Gasteiger partial charge on any atom is 0.326 e. The molecule has 1 aromatic heterocycles. The van der Waals surface area contributed by atoms with Crippen molar-refractivity contribution in [3.8, 4) is 0 Å². The first-order valence-corrected chi connectivity index (χ1v) is 14.5. The van der Waals surface area contributed by atoms with Gasteiger partial charge in [-0.25, -0.2) is 13.2 Å². The molecule has 11 heteroatoms. The number of oxazole rings is 1. The van der Waals surface area contributed by atoms with Gasteiger partial charge in [-0.3, -0.25) is 9.52 Å². The number of aromatic nitrogens is 1. The van der Waals surface area contributed by atoms with E-state index in [1.165, 1.54) is 6.42 Å². The number of para-hydroxylation sites is 2. The topological polar surface area (TPSA) is 142 Å². The Morgan fingerprint density at radius 2 is 1.82 bits per heavy atom. The molecular weight excluding hydrogens is 508 g/mol. The summed E-state index contributed by atoms with van der Waals surface area (Å²) in [6.45, 7) is 0.388. The van der Waals surface area contributed by atoms with Crippen molar-refractivity contribution < 1.29 is 27.5 Å². The predicted molar refractivity (Wildman–Crippen MR) is 145 cm³/mol. The van der Waals surface area contributed by atoms with Gasteiger partial charge in [-0.1, -0.05) is 43.5 Å². The third kappa shape index (κ3) is 7.47. The number of rotatable bonds is 12. The Morgan fingerprint density at radius 3 is 2.50 bits per heavy atom. The van der Waals surface area contributed by atoms with Crippen LogP contribution in [0.3, 0.4) is 0 Å². The predicted octanol–water partition coefficient (Wildman–Crippen LogP) is 4.11. The number of carboxylic acid groups (broad SMARTS) is 1. The Kier molecular flexibility index (Phi) is 8.88. The van der Waals surface area contributed by atoms with Crippen LogP contribution < -0.4 is 10.0 Å². The normalized spacial score (nSPS) is 15.2. The average Bonchev–Trinajstić information content (AvgIpc) is 3.31. The van der Waals surface area contributed by atoms with Gasteiger partial charge in [-0.05, 0) is 49.1 Å². The van der Waals surface area contributed by atoms with E-state index in [0.29, 0.717) is 35.3 Å². The van der Waals surface area contributed by atoms with Gasteiger partial charge in [0, 0.05) is 31.6 Å². The fourth-order valence-corrected chi connectivity index (χ4v) is 5.83. The Bertz CT molecular complexity index is 1320. The lowest BCUT2D eigenvalue weighted by Crippen LogP contribution is -2.35. The van der Waals surface area contributed by atoms with E-state index in [1.807, 2.05) is 6.07 Å². The monoisotopic (exact) mass is 542 g/mol. The summed E-state index contributed by atoms with van der Waals surface area (Å²) in [5.74, 6) is -1.00. The van der Waals surface area contributed by atoms with Crippen LogP contribution in [0.1, 0.15) is 44.1 Å². The fraction of sp³-hybridized carbons (Fsp3) is 0.444. The van der Waals surface area contributed by atoms with E-state index in [9.17, 15) is 23.1 Å². The third-order valence-electron chi connectivity index (χ3n) is 6.79. The van der Waals surface area contributed by atoms with Crippen LogP contribution in [0, 0.1) is 5.92 Å². The molecule has 1 atom stereocenters. The second kappa shape index (κ2) is 12.3. The minimum absolute atomic E-state index is 0.0629. The molecule has 1 aliphatic carbocycles. The highest BCUT2D eigenvalue weighted by molar-refractivity contribution is 7.92. The first-order valence-electron chi connectivity index (χ1n) is 12.9. The molecule has 0 radical (unpaired) electrons. The zero-order chi connectivity index (χ0) is 27.1. The van der Waals surface area contributed by atoms with Gasteiger partial charge >= 0.3 is 5.97 Å². The first-order chi connectivity index (χ1) is 18.2. The van der Waals surface area contributed by atoms with Crippen molar-refractivity contribution in [2.24, 2.45) is 5.92 Å². The number of carboxylic acids is 1. The lowest BCUT2D eigenvalue weighted by molar-refractivity contribution is -0.138. The third-order valence-corrected chi connectivity index (χ3v) is 8.17. The van der Waals surface area contributed by atoms with Gasteiger partial charge in [0.25, 0.3) is 6.01 Å². The molecule has 204 valence electrons. The second-order valence-electron chi connectivity index (χ2n) is 9.79. The van der Waals surface area contributed by atoms with Crippen molar-refractivity contribution in [2.45, 2.75) is 51.0 Å². The van der Waals surface area contributed by atoms with E-state index in [0.717, 1.165) is 25.7 Å². The van der Waals surface area contributed by atoms with Gasteiger partial charge < -0.3 is 19.7 Å². The molecule has 3 aromatic rings. The molecule has 0 spiro atoms. The number of nitrogens with zero attached hydrogens (tertiary/aromatic N) is 2. The molecule has 0 unspecified atom stereocenters. The molecule has 1 heterocycles. The van der Waals surface area contributed by atoms with E-state index in [4.69, 9.17) is 4.42 Å². The molecule has 2 aromatic carbocycles. The van der Waals surface area contributed by atoms with Gasteiger partial charge in [0.05, 0.1) is 5.75 Å². The largest absolute Gasteiger partial charge is 0.480 e. The highest BCUT2D eigenvalue weighted by atomic mass is 32.2. The van der Waals surface area contributed by atoms with Crippen LogP contribution in [-0.2, 0) is 26.0 Å². The lowest BCUT2D eigenvalue weighted by atomic mass is 9.88. The number of aliphatic carboxylic acids is 1. The van der Waals surface area contributed by atoms with Crippen LogP contribution in [0.25, 0.3) is 11.1 Å². The maximum atomic E-state index is 12.6. The molecule has 38 heavy (non-hydrogen) atoms. The number of hydrogen-bond acceptors (Lipinski definition) is 7. The molecule has 1 aliphatic rings. The molecule has 1 fully saturated rings. The van der Waals surface area contributed by atoms with E-state index >= 15 is 0 Å². The standard InChI is InChI=1S/C27H34N4O6S/c1-31(25(32)20-8-3-2-4-9-20)16-7-17-38(35,36)30-21-14-12-19(13-15-21)18-23(26(33)34)29-27-28-22-10-5-6-11-24(22)37-27/h5-6,10-15,20,23,30H,2-4,7-9,16-18H2,1H3,(H,28,29)(H,33,34)/t23-/m0/s1. The highest BCUT2D eigenvalue weighted by Crippen LogP contribution is 2.25. The van der Waals surface area contributed by atoms with Gasteiger partial charge in [0.15, 0.2) is 5.58 Å². The number of carbonyl (C=O) groups is 2. The molecule has 1 amide bonds. The van der Waals surface area contributed by atoms with Crippen molar-refractivity contribution in [2.75, 3.05) is 29.4 Å². The van der Waals surface area contributed by atoms with Crippen molar-refractivity contribution in [1.29, 1.82) is 0 Å². The number of nitrogens with one attached hydrogen (secondary N) is 2. The van der Waals surface area contributed by atoms with Crippen molar-refractivity contribution in [3.05, 3.63) is 54.1 Å². The molecule has 1 saturated carbocycles. The van der Waals surface area contributed by atoms with Crippen molar-refractivity contribution in [3.63, 3.8) is 0 Å². The quantitative estimate of drug-likeness (QED) is 0.310. The molecule has 0 saturated heterocycles. The minimum Gasteiger partial charge on any atom is -0.480 e. The Balaban J connectivity index is 1.27. The van der Waals surface area contributed by atoms with Crippen molar-refractivity contribution >= 4 is 44.7 Å². The number of carbonyl (C=O) groups excluding carboxylic acids is 1. The minimum atomic E-state index is -3.60. The molecular formula is C27H34N4O6S. The van der Waals surface area contributed by atoms with E-state index in [-0.39, 0.29) is 30.0 Å². The Labute approximate surface area is 222 Å². The van der Waals surface area contributed by atoms with Crippen LogP contribution in [0.4, 0.5) is 11.7 Å². The first kappa shape index (κ1) is 27.4. The lowest BCUT2D eigenvalue weighted by Gasteiger charge is -2.26. The summed E-state index contributed by atoms with van der Waals surface area (Å²) in [7, 11) is -1.86. The molecule has 0 aliphatic heterocycles. The zero-order valence-electron chi connectivity index (χ0n) is 21.4. The summed E-state index contributed by atoms with van der Waals surface area (Å²) in [6.07, 6.45) is 5.64. The van der Waals surface area contributed by atoms with Crippen LogP contribution in [-0.4, -0.2) is 60.7 Å². The second-order valence-corrected chi connectivity index (χ2v) is 11.6. The maximum absolute atomic E-state index is 12.6. The van der Waals surface area contributed by atoms with Gasteiger partial charge in [0.2, 0.25) is 15.9 Å². The van der Waals surface area contributed by atoms with E-state index in [1.54, 1.807) is 54.4 Å². The summed E-state index contributed by atoms with van der Waals surface area (Å²) in [5.41, 5.74) is 2.27. The zero-order valence-corrected chi connectivity index (χ0v) is 22.2. The summed E-state index contributed by atoms with van der Waals surface area (Å²) < 4.78 is 33.2. The molecule has 0 bridgehead atoms. The SMILES string of the molecule is CN(CCCS(=O)(=O)Nc1ccc(C[C@H](Nc2nc3ccccc3o2)C(=O)O)cc1)C(=O)C1CCCCC1. The molecule has 10 nitrogen and oxygen atoms in total. The number of anilines is 2. The average molecular weight is 543 g/mol. The van der Waals surface area contributed by atoms with Crippen LogP contribution in [0.2, 0.25) is 0 Å². The number of fused-ring (bicyclic) bond motifs is 1. The van der Waals surface area contributed by atoms with Crippen molar-refractivity contribution in [1.82, 2.24) is 9.88 Å². The van der Waals surface area contributed by atoms with E-state index < -0.39 is 22.0 Å². The van der Waals surface area contributed by atoms with Gasteiger partial charge in [0.1, 0.15) is 11.6 Å². The summed E-state index contributed by atoms with van der Waals surface area (Å²) in [6, 6.07) is 12.8. The van der Waals surface area contributed by atoms with Crippen LogP contribution in [0.5, 0.6) is 0 Å². The van der Waals surface area contributed by atoms with Crippen LogP contribution >= 0.6 is 0 Å². The number of amides is 1. The van der Waals surface area contributed by atoms with E-state index in [2.05, 4.69) is 15.0 Å². The molecule has 3 N–H and O–H groups in total. The number of hydrogen-bond donors (Lipinski definition) is 3. The van der Waals surface area contributed by atoms with Crippen LogP contribution in [0.15, 0.2) is 52.9 Å². The highest BCUT2D eigenvalue weighted by Gasteiger charge is 2.24. The summed E-state index contributed by atoms with van der Waals surface area (Å²) >= 11 is 0. The summed E-state index contributed by atoms with van der Waals surface area (Å²) in [4.78, 5) is 30.3. The summed E-state index contributed by atoms with van der Waals surface area (Å²) in [5, 5.41) is 12.5. The smallest absolute Gasteiger partial charge is 0.326 e. The van der Waals surface area contributed by atoms with Gasteiger partial charge in [-0.2, -0.15) is 4.98 Å².